The Bertz CT molecular complexity index is 946. The third kappa shape index (κ3) is 3.58. The Morgan fingerprint density at radius 1 is 1.06 bits per heavy atom. The molecule has 0 radical (unpaired) electrons. The van der Waals surface area contributed by atoms with E-state index in [0.29, 0.717) is 42.8 Å². The minimum absolute atomic E-state index is 0.0537. The number of hydrogen-bond acceptors (Lipinski definition) is 3. The van der Waals surface area contributed by atoms with E-state index in [1.807, 2.05) is 12.2 Å². The third-order valence-electron chi connectivity index (χ3n) is 10.5. The van der Waals surface area contributed by atoms with E-state index in [1.54, 1.807) is 0 Å². The SMILES string of the molecule is C=Cc1ccc(C[C@]23CCC(=O)C=C2CC[C@@H]2[C@H]3CC[C@@]3(C)[C@H]2CCC3(O)CCCO)cc1. The number of allylic oxidation sites excluding steroid dienone is 1. The fourth-order valence-electron chi connectivity index (χ4n) is 8.72. The molecule has 0 heterocycles. The van der Waals surface area contributed by atoms with Crippen LogP contribution in [0.15, 0.2) is 42.5 Å². The lowest BCUT2D eigenvalue weighted by atomic mass is 9.45. The number of fused-ring (bicyclic) bond motifs is 5. The van der Waals surface area contributed by atoms with Crippen molar-refractivity contribution in [2.75, 3.05) is 6.61 Å². The van der Waals surface area contributed by atoms with E-state index in [9.17, 15) is 15.0 Å². The van der Waals surface area contributed by atoms with E-state index in [1.165, 1.54) is 11.1 Å². The van der Waals surface area contributed by atoms with Crippen molar-refractivity contribution < 1.29 is 15.0 Å². The van der Waals surface area contributed by atoms with Crippen LogP contribution in [0.25, 0.3) is 6.08 Å². The van der Waals surface area contributed by atoms with Gasteiger partial charge in [-0.05, 0) is 110 Å². The molecule has 0 amide bonds. The smallest absolute Gasteiger partial charge is 0.155 e. The summed E-state index contributed by atoms with van der Waals surface area (Å²) < 4.78 is 0. The molecular weight excluding hydrogens is 408 g/mol. The van der Waals surface area contributed by atoms with Gasteiger partial charge in [-0.3, -0.25) is 4.79 Å². The highest BCUT2D eigenvalue weighted by Crippen LogP contribution is 2.68. The predicted molar refractivity (Wildman–Crippen MR) is 133 cm³/mol. The van der Waals surface area contributed by atoms with Crippen LogP contribution in [0.2, 0.25) is 0 Å². The van der Waals surface area contributed by atoms with Crippen LogP contribution in [-0.2, 0) is 11.2 Å². The molecule has 0 aromatic heterocycles. The summed E-state index contributed by atoms with van der Waals surface area (Å²) in [5, 5.41) is 21.1. The Morgan fingerprint density at radius 3 is 2.55 bits per heavy atom. The van der Waals surface area contributed by atoms with E-state index in [0.717, 1.165) is 56.9 Å². The molecular formula is C30H40O3. The summed E-state index contributed by atoms with van der Waals surface area (Å²) >= 11 is 0. The maximum Gasteiger partial charge on any atom is 0.155 e. The molecule has 0 spiro atoms. The highest BCUT2D eigenvalue weighted by Gasteiger charge is 2.64. The largest absolute Gasteiger partial charge is 0.396 e. The molecule has 0 bridgehead atoms. The first kappa shape index (κ1) is 23.1. The van der Waals surface area contributed by atoms with Crippen LogP contribution in [0.1, 0.15) is 82.3 Å². The van der Waals surface area contributed by atoms with Crippen LogP contribution in [0.4, 0.5) is 0 Å². The van der Waals surface area contributed by atoms with Gasteiger partial charge < -0.3 is 10.2 Å². The third-order valence-corrected chi connectivity index (χ3v) is 10.5. The van der Waals surface area contributed by atoms with E-state index < -0.39 is 5.60 Å². The molecule has 3 saturated carbocycles. The van der Waals surface area contributed by atoms with Gasteiger partial charge >= 0.3 is 0 Å². The molecule has 3 nitrogen and oxygen atoms in total. The Hall–Kier alpha value is -1.71. The Morgan fingerprint density at radius 2 is 1.82 bits per heavy atom. The fourth-order valence-corrected chi connectivity index (χ4v) is 8.72. The number of ketones is 1. The topological polar surface area (TPSA) is 57.5 Å². The molecule has 178 valence electrons. The summed E-state index contributed by atoms with van der Waals surface area (Å²) in [4.78, 5) is 12.4. The second kappa shape index (κ2) is 8.50. The number of rotatable bonds is 6. The highest BCUT2D eigenvalue weighted by molar-refractivity contribution is 5.91. The second-order valence-electron chi connectivity index (χ2n) is 11.7. The molecule has 33 heavy (non-hydrogen) atoms. The van der Waals surface area contributed by atoms with Gasteiger partial charge in [0.15, 0.2) is 5.78 Å². The van der Waals surface area contributed by atoms with Crippen LogP contribution >= 0.6 is 0 Å². The predicted octanol–water partition coefficient (Wildman–Crippen LogP) is 5.89. The summed E-state index contributed by atoms with van der Waals surface area (Å²) in [6, 6.07) is 8.82. The molecule has 2 N–H and O–H groups in total. The zero-order valence-electron chi connectivity index (χ0n) is 20.2. The molecule has 6 atom stereocenters. The quantitative estimate of drug-likeness (QED) is 0.571. The molecule has 3 heteroatoms. The molecule has 5 rings (SSSR count). The van der Waals surface area contributed by atoms with Gasteiger partial charge in [-0.1, -0.05) is 49.4 Å². The van der Waals surface area contributed by atoms with Crippen LogP contribution in [0.3, 0.4) is 0 Å². The van der Waals surface area contributed by atoms with Gasteiger partial charge in [0, 0.05) is 13.0 Å². The summed E-state index contributed by atoms with van der Waals surface area (Å²) in [5.41, 5.74) is 3.30. The zero-order valence-corrected chi connectivity index (χ0v) is 20.2. The first-order chi connectivity index (χ1) is 15.8. The molecule has 1 aromatic carbocycles. The Labute approximate surface area is 199 Å². The minimum atomic E-state index is -0.641. The average Bonchev–Trinajstić information content (AvgIpc) is 3.09. The molecule has 0 aliphatic heterocycles. The summed E-state index contributed by atoms with van der Waals surface area (Å²) in [6.45, 7) is 6.39. The van der Waals surface area contributed by atoms with Gasteiger partial charge in [0.1, 0.15) is 0 Å². The fraction of sp³-hybridized carbons (Fsp3) is 0.633. The first-order valence-corrected chi connectivity index (χ1v) is 13.1. The van der Waals surface area contributed by atoms with Crippen LogP contribution < -0.4 is 0 Å². The Balaban J connectivity index is 1.49. The van der Waals surface area contributed by atoms with Crippen molar-refractivity contribution in [3.8, 4) is 0 Å². The van der Waals surface area contributed by atoms with E-state index in [4.69, 9.17) is 0 Å². The summed E-state index contributed by atoms with van der Waals surface area (Å²) in [7, 11) is 0. The molecule has 1 aromatic rings. The van der Waals surface area contributed by atoms with E-state index in [-0.39, 0.29) is 17.4 Å². The zero-order chi connectivity index (χ0) is 23.3. The summed E-state index contributed by atoms with van der Waals surface area (Å²) in [5.74, 6) is 2.05. The van der Waals surface area contributed by atoms with Gasteiger partial charge in [0.2, 0.25) is 0 Å². The number of carbonyl (C=O) groups excluding carboxylic acids is 1. The van der Waals surface area contributed by atoms with Gasteiger partial charge in [-0.2, -0.15) is 0 Å². The maximum absolute atomic E-state index is 12.4. The van der Waals surface area contributed by atoms with Crippen molar-refractivity contribution in [2.45, 2.75) is 83.2 Å². The number of benzene rings is 1. The van der Waals surface area contributed by atoms with Crippen LogP contribution in [0.5, 0.6) is 0 Å². The van der Waals surface area contributed by atoms with Gasteiger partial charge in [-0.15, -0.1) is 0 Å². The van der Waals surface area contributed by atoms with Gasteiger partial charge in [0.25, 0.3) is 0 Å². The van der Waals surface area contributed by atoms with E-state index in [2.05, 4.69) is 37.8 Å². The lowest BCUT2D eigenvalue weighted by Crippen LogP contribution is -2.56. The van der Waals surface area contributed by atoms with Crippen molar-refractivity contribution in [1.29, 1.82) is 0 Å². The number of aliphatic hydroxyl groups excluding tert-OH is 1. The summed E-state index contributed by atoms with van der Waals surface area (Å²) in [6.07, 6.45) is 14.3. The van der Waals surface area contributed by atoms with Crippen molar-refractivity contribution >= 4 is 11.9 Å². The Kier molecular flexibility index (Phi) is 5.94. The number of aliphatic hydroxyl groups is 2. The molecule has 4 aliphatic rings. The van der Waals surface area contributed by atoms with Gasteiger partial charge in [0.05, 0.1) is 5.60 Å². The molecule has 1 unspecified atom stereocenters. The van der Waals surface area contributed by atoms with Crippen molar-refractivity contribution in [3.05, 3.63) is 53.6 Å². The minimum Gasteiger partial charge on any atom is -0.396 e. The first-order valence-electron chi connectivity index (χ1n) is 13.1. The van der Waals surface area contributed by atoms with E-state index >= 15 is 0 Å². The molecule has 0 saturated heterocycles. The van der Waals surface area contributed by atoms with Crippen molar-refractivity contribution in [3.63, 3.8) is 0 Å². The average molecular weight is 449 g/mol. The number of carbonyl (C=O) groups is 1. The lowest BCUT2D eigenvalue weighted by molar-refractivity contribution is -0.135. The van der Waals surface area contributed by atoms with Crippen molar-refractivity contribution in [1.82, 2.24) is 0 Å². The molecule has 3 fully saturated rings. The van der Waals surface area contributed by atoms with Gasteiger partial charge in [-0.25, -0.2) is 0 Å². The second-order valence-corrected chi connectivity index (χ2v) is 11.7. The lowest BCUT2D eigenvalue weighted by Gasteiger charge is -2.60. The highest BCUT2D eigenvalue weighted by atomic mass is 16.3. The van der Waals surface area contributed by atoms with Crippen LogP contribution in [0, 0.1) is 28.6 Å². The monoisotopic (exact) mass is 448 g/mol. The van der Waals surface area contributed by atoms with Crippen molar-refractivity contribution in [2.24, 2.45) is 28.6 Å². The standard InChI is InChI=1S/C30H40O3/c1-3-21-5-7-22(8-6-21)20-29-16-11-24(32)19-23(29)9-10-25-26-13-17-30(33,14-4-18-31)28(26,2)15-12-27(25)29/h3,5-8,19,25-27,31,33H,1,4,9-18,20H2,2H3/t25-,26-,27+,28-,29+,30?/m0/s1. The molecule has 4 aliphatic carbocycles. The maximum atomic E-state index is 12.4. The van der Waals surface area contributed by atoms with Crippen LogP contribution in [-0.4, -0.2) is 28.2 Å². The number of hydrogen-bond donors (Lipinski definition) is 2. The normalized spacial score (nSPS) is 39.9.